The van der Waals surface area contributed by atoms with E-state index in [1.807, 2.05) is 0 Å². The van der Waals surface area contributed by atoms with E-state index in [1.165, 1.54) is 12.3 Å². The Balaban J connectivity index is 1.90. The summed E-state index contributed by atoms with van der Waals surface area (Å²) in [6.07, 6.45) is 0.100. The summed E-state index contributed by atoms with van der Waals surface area (Å²) in [5.74, 6) is 0. The third-order valence-electron chi connectivity index (χ3n) is 3.58. The van der Waals surface area contributed by atoms with Crippen molar-refractivity contribution in [1.82, 2.24) is 10.3 Å². The fourth-order valence-electron chi connectivity index (χ4n) is 2.43. The topological polar surface area (TPSA) is 28.2 Å². The van der Waals surface area contributed by atoms with E-state index in [9.17, 15) is 13.2 Å². The molecule has 1 aliphatic heterocycles. The molecule has 3 nitrogen and oxygen atoms in total. The van der Waals surface area contributed by atoms with Crippen LogP contribution in [-0.4, -0.2) is 30.7 Å². The van der Waals surface area contributed by atoms with Crippen LogP contribution in [-0.2, 0) is 6.18 Å². The summed E-state index contributed by atoms with van der Waals surface area (Å²) in [6, 6.07) is 3.08. The minimum atomic E-state index is -4.37. The zero-order valence-electron chi connectivity index (χ0n) is 11.6. The normalized spacial score (nSPS) is 17.5. The molecule has 0 bridgehead atoms. The number of pyridine rings is 1. The van der Waals surface area contributed by atoms with Crippen molar-refractivity contribution in [2.24, 2.45) is 0 Å². The van der Waals surface area contributed by atoms with Gasteiger partial charge in [-0.05, 0) is 37.9 Å². The van der Waals surface area contributed by atoms with Crippen molar-refractivity contribution >= 4 is 5.69 Å². The third-order valence-corrected chi connectivity index (χ3v) is 3.58. The standard InChI is InChI=1S/C14H20F3N3/c1-2-7-18-11-5-8-20(9-6-11)12-3-4-13(19-10-12)14(15,16)17/h3-4,10-11,18H,2,5-9H2,1H3. The van der Waals surface area contributed by atoms with Crippen molar-refractivity contribution in [2.45, 2.75) is 38.4 Å². The number of rotatable bonds is 4. The fraction of sp³-hybridized carbons (Fsp3) is 0.643. The van der Waals surface area contributed by atoms with Crippen LogP contribution in [0.5, 0.6) is 0 Å². The van der Waals surface area contributed by atoms with Crippen LogP contribution >= 0.6 is 0 Å². The van der Waals surface area contributed by atoms with Crippen LogP contribution in [0.25, 0.3) is 0 Å². The lowest BCUT2D eigenvalue weighted by Gasteiger charge is -2.34. The lowest BCUT2D eigenvalue weighted by atomic mass is 10.0. The van der Waals surface area contributed by atoms with Gasteiger partial charge in [0, 0.05) is 19.1 Å². The maximum absolute atomic E-state index is 12.4. The monoisotopic (exact) mass is 287 g/mol. The second-order valence-electron chi connectivity index (χ2n) is 5.11. The first-order valence-electron chi connectivity index (χ1n) is 7.02. The number of halogens is 3. The van der Waals surface area contributed by atoms with Gasteiger partial charge in [-0.2, -0.15) is 13.2 Å². The van der Waals surface area contributed by atoms with Gasteiger partial charge in [-0.25, -0.2) is 4.98 Å². The van der Waals surface area contributed by atoms with Gasteiger partial charge in [-0.3, -0.25) is 0 Å². The van der Waals surface area contributed by atoms with Crippen LogP contribution in [0.4, 0.5) is 18.9 Å². The van der Waals surface area contributed by atoms with Gasteiger partial charge >= 0.3 is 6.18 Å². The van der Waals surface area contributed by atoms with Crippen LogP contribution in [0, 0.1) is 0 Å². The molecular formula is C14H20F3N3. The highest BCUT2D eigenvalue weighted by atomic mass is 19.4. The minimum Gasteiger partial charge on any atom is -0.370 e. The van der Waals surface area contributed by atoms with Gasteiger partial charge in [-0.1, -0.05) is 6.92 Å². The SMILES string of the molecule is CCCNC1CCN(c2ccc(C(F)(F)F)nc2)CC1. The molecule has 1 N–H and O–H groups in total. The van der Waals surface area contributed by atoms with E-state index in [0.29, 0.717) is 6.04 Å². The molecule has 20 heavy (non-hydrogen) atoms. The maximum atomic E-state index is 12.4. The largest absolute Gasteiger partial charge is 0.433 e. The van der Waals surface area contributed by atoms with Gasteiger partial charge in [0.1, 0.15) is 5.69 Å². The number of nitrogens with zero attached hydrogens (tertiary/aromatic N) is 2. The highest BCUT2D eigenvalue weighted by molar-refractivity contribution is 5.45. The van der Waals surface area contributed by atoms with Crippen LogP contribution in [0.2, 0.25) is 0 Å². The first-order valence-corrected chi connectivity index (χ1v) is 7.02. The van der Waals surface area contributed by atoms with Gasteiger partial charge < -0.3 is 10.2 Å². The van der Waals surface area contributed by atoms with Crippen molar-refractivity contribution in [1.29, 1.82) is 0 Å². The molecule has 2 heterocycles. The minimum absolute atomic E-state index is 0.522. The first-order chi connectivity index (χ1) is 9.50. The molecule has 1 aromatic heterocycles. The molecule has 1 aliphatic rings. The second-order valence-corrected chi connectivity index (χ2v) is 5.11. The second kappa shape index (κ2) is 6.43. The van der Waals surface area contributed by atoms with Crippen molar-refractivity contribution < 1.29 is 13.2 Å². The summed E-state index contributed by atoms with van der Waals surface area (Å²) in [5, 5.41) is 3.48. The molecule has 0 atom stereocenters. The fourth-order valence-corrected chi connectivity index (χ4v) is 2.43. The van der Waals surface area contributed by atoms with Gasteiger partial charge in [0.15, 0.2) is 0 Å². The molecule has 2 rings (SSSR count). The Morgan fingerprint density at radius 1 is 1.30 bits per heavy atom. The molecule has 0 saturated carbocycles. The highest BCUT2D eigenvalue weighted by Gasteiger charge is 2.32. The summed E-state index contributed by atoms with van der Waals surface area (Å²) in [7, 11) is 0. The number of hydrogen-bond donors (Lipinski definition) is 1. The molecule has 0 amide bonds. The molecule has 0 aliphatic carbocycles. The maximum Gasteiger partial charge on any atom is 0.433 e. The Morgan fingerprint density at radius 3 is 2.50 bits per heavy atom. The van der Waals surface area contributed by atoms with E-state index in [2.05, 4.69) is 22.1 Å². The predicted molar refractivity (Wildman–Crippen MR) is 72.8 cm³/mol. The number of piperidine rings is 1. The molecular weight excluding hydrogens is 267 g/mol. The molecule has 0 aromatic carbocycles. The highest BCUT2D eigenvalue weighted by Crippen LogP contribution is 2.29. The molecule has 0 radical (unpaired) electrons. The van der Waals surface area contributed by atoms with Crippen molar-refractivity contribution in [3.05, 3.63) is 24.0 Å². The first kappa shape index (κ1) is 15.1. The molecule has 112 valence electrons. The van der Waals surface area contributed by atoms with E-state index in [1.54, 1.807) is 0 Å². The van der Waals surface area contributed by atoms with Gasteiger partial charge in [-0.15, -0.1) is 0 Å². The quantitative estimate of drug-likeness (QED) is 0.922. The molecule has 0 unspecified atom stereocenters. The smallest absolute Gasteiger partial charge is 0.370 e. The van der Waals surface area contributed by atoms with E-state index in [4.69, 9.17) is 0 Å². The van der Waals surface area contributed by atoms with E-state index >= 15 is 0 Å². The molecule has 1 saturated heterocycles. The predicted octanol–water partition coefficient (Wildman–Crippen LogP) is 3.07. The Bertz CT molecular complexity index is 409. The number of nitrogens with one attached hydrogen (secondary N) is 1. The van der Waals surface area contributed by atoms with E-state index in [-0.39, 0.29) is 0 Å². The number of alkyl halides is 3. The number of hydrogen-bond acceptors (Lipinski definition) is 3. The summed E-state index contributed by atoms with van der Waals surface area (Å²) in [5.41, 5.74) is -0.0623. The average Bonchev–Trinajstić information content (AvgIpc) is 2.45. The third kappa shape index (κ3) is 3.85. The molecule has 1 fully saturated rings. The van der Waals surface area contributed by atoms with Crippen molar-refractivity contribution in [3.63, 3.8) is 0 Å². The van der Waals surface area contributed by atoms with E-state index < -0.39 is 11.9 Å². The molecule has 1 aromatic rings. The Morgan fingerprint density at radius 2 is 2.00 bits per heavy atom. The van der Waals surface area contributed by atoms with Crippen LogP contribution < -0.4 is 10.2 Å². The lowest BCUT2D eigenvalue weighted by Crippen LogP contribution is -2.42. The summed E-state index contributed by atoms with van der Waals surface area (Å²) >= 11 is 0. The molecule has 6 heteroatoms. The summed E-state index contributed by atoms with van der Waals surface area (Å²) in [6.45, 7) is 4.87. The van der Waals surface area contributed by atoms with Gasteiger partial charge in [0.2, 0.25) is 0 Å². The Kier molecular flexibility index (Phi) is 4.86. The zero-order valence-corrected chi connectivity index (χ0v) is 11.6. The van der Waals surface area contributed by atoms with Crippen LogP contribution in [0.3, 0.4) is 0 Å². The Labute approximate surface area is 117 Å². The number of aromatic nitrogens is 1. The van der Waals surface area contributed by atoms with Gasteiger partial charge in [0.25, 0.3) is 0 Å². The van der Waals surface area contributed by atoms with Crippen molar-refractivity contribution in [2.75, 3.05) is 24.5 Å². The van der Waals surface area contributed by atoms with E-state index in [0.717, 1.165) is 50.7 Å². The lowest BCUT2D eigenvalue weighted by molar-refractivity contribution is -0.141. The average molecular weight is 287 g/mol. The summed E-state index contributed by atoms with van der Waals surface area (Å²) < 4.78 is 37.3. The zero-order chi connectivity index (χ0) is 14.6. The summed E-state index contributed by atoms with van der Waals surface area (Å²) in [4.78, 5) is 5.61. The number of anilines is 1. The van der Waals surface area contributed by atoms with Crippen LogP contribution in [0.1, 0.15) is 31.9 Å². The van der Waals surface area contributed by atoms with Crippen molar-refractivity contribution in [3.8, 4) is 0 Å². The van der Waals surface area contributed by atoms with Crippen LogP contribution in [0.15, 0.2) is 18.3 Å². The molecule has 0 spiro atoms. The Hall–Kier alpha value is -1.30. The van der Waals surface area contributed by atoms with Gasteiger partial charge in [0.05, 0.1) is 11.9 Å².